The van der Waals surface area contributed by atoms with E-state index >= 15 is 0 Å². The molecular formula is C16H27FN2O. The van der Waals surface area contributed by atoms with Crippen LogP contribution in [-0.2, 0) is 11.2 Å². The number of benzene rings is 1. The zero-order valence-corrected chi connectivity index (χ0v) is 13.0. The van der Waals surface area contributed by atoms with Gasteiger partial charge in [0.1, 0.15) is 5.82 Å². The number of rotatable bonds is 8. The summed E-state index contributed by atoms with van der Waals surface area (Å²) in [5.74, 6) is -0.208. The monoisotopic (exact) mass is 282 g/mol. The van der Waals surface area contributed by atoms with Crippen molar-refractivity contribution in [1.82, 2.24) is 0 Å². The Labute approximate surface area is 121 Å². The lowest BCUT2D eigenvalue weighted by Crippen LogP contribution is -2.36. The van der Waals surface area contributed by atoms with Crippen molar-refractivity contribution in [3.63, 3.8) is 0 Å². The molecular weight excluding hydrogens is 255 g/mol. The van der Waals surface area contributed by atoms with E-state index in [-0.39, 0.29) is 11.9 Å². The van der Waals surface area contributed by atoms with Crippen LogP contribution in [0.1, 0.15) is 32.8 Å². The molecule has 0 amide bonds. The van der Waals surface area contributed by atoms with Gasteiger partial charge in [0.05, 0.1) is 6.61 Å². The van der Waals surface area contributed by atoms with Crippen LogP contribution in [0.4, 0.5) is 10.1 Å². The molecule has 0 aliphatic carbocycles. The van der Waals surface area contributed by atoms with Crippen molar-refractivity contribution in [2.75, 3.05) is 25.2 Å². The maximum Gasteiger partial charge on any atom is 0.123 e. The van der Waals surface area contributed by atoms with Crippen LogP contribution in [0.15, 0.2) is 18.2 Å². The fourth-order valence-corrected chi connectivity index (χ4v) is 2.33. The maximum atomic E-state index is 13.5. The van der Waals surface area contributed by atoms with Crippen LogP contribution in [0.25, 0.3) is 0 Å². The van der Waals surface area contributed by atoms with E-state index in [9.17, 15) is 4.39 Å². The minimum atomic E-state index is -0.208. The molecule has 0 saturated heterocycles. The lowest BCUT2D eigenvalue weighted by atomic mass is 10.0. The van der Waals surface area contributed by atoms with Crippen molar-refractivity contribution in [3.05, 3.63) is 29.6 Å². The van der Waals surface area contributed by atoms with E-state index in [0.29, 0.717) is 19.1 Å². The summed E-state index contributed by atoms with van der Waals surface area (Å²) in [6.45, 7) is 7.72. The quantitative estimate of drug-likeness (QED) is 0.796. The molecule has 4 heteroatoms. The zero-order chi connectivity index (χ0) is 15.1. The smallest absolute Gasteiger partial charge is 0.123 e. The molecule has 0 spiro atoms. The van der Waals surface area contributed by atoms with Gasteiger partial charge in [0.25, 0.3) is 0 Å². The predicted molar refractivity (Wildman–Crippen MR) is 82.7 cm³/mol. The van der Waals surface area contributed by atoms with E-state index in [4.69, 9.17) is 10.5 Å². The van der Waals surface area contributed by atoms with E-state index in [0.717, 1.165) is 24.2 Å². The Hall–Kier alpha value is -1.13. The first-order chi connectivity index (χ1) is 9.49. The molecule has 0 radical (unpaired) electrons. The van der Waals surface area contributed by atoms with Gasteiger partial charge >= 0.3 is 0 Å². The third kappa shape index (κ3) is 4.76. The Morgan fingerprint density at radius 3 is 2.60 bits per heavy atom. The van der Waals surface area contributed by atoms with Crippen LogP contribution in [0.5, 0.6) is 0 Å². The molecule has 2 unspecified atom stereocenters. The Morgan fingerprint density at radius 1 is 1.35 bits per heavy atom. The molecule has 1 aromatic rings. The van der Waals surface area contributed by atoms with Gasteiger partial charge in [-0.3, -0.25) is 0 Å². The van der Waals surface area contributed by atoms with Gasteiger partial charge in [-0.15, -0.1) is 0 Å². The summed E-state index contributed by atoms with van der Waals surface area (Å²) in [6, 6.07) is 5.36. The second kappa shape index (κ2) is 8.22. The largest absolute Gasteiger partial charge is 0.383 e. The van der Waals surface area contributed by atoms with Gasteiger partial charge in [0.15, 0.2) is 0 Å². The second-order valence-electron chi connectivity index (χ2n) is 5.40. The molecule has 0 aliphatic heterocycles. The summed E-state index contributed by atoms with van der Waals surface area (Å²) < 4.78 is 18.7. The van der Waals surface area contributed by atoms with Gasteiger partial charge in [-0.1, -0.05) is 6.92 Å². The molecule has 2 atom stereocenters. The van der Waals surface area contributed by atoms with Gasteiger partial charge in [-0.25, -0.2) is 4.39 Å². The number of methoxy groups -OCH3 is 1. The summed E-state index contributed by atoms with van der Waals surface area (Å²) >= 11 is 0. The zero-order valence-electron chi connectivity index (χ0n) is 13.0. The van der Waals surface area contributed by atoms with E-state index in [1.54, 1.807) is 13.2 Å². The molecule has 0 aromatic heterocycles. The highest BCUT2D eigenvalue weighted by Gasteiger charge is 2.17. The summed E-state index contributed by atoms with van der Waals surface area (Å²) in [6.07, 6.45) is 1.70. The molecule has 3 nitrogen and oxygen atoms in total. The fourth-order valence-electron chi connectivity index (χ4n) is 2.33. The average molecular weight is 282 g/mol. The van der Waals surface area contributed by atoms with Gasteiger partial charge in [0, 0.05) is 31.4 Å². The van der Waals surface area contributed by atoms with Crippen molar-refractivity contribution in [3.8, 4) is 0 Å². The lowest BCUT2D eigenvalue weighted by Gasteiger charge is -2.32. The minimum Gasteiger partial charge on any atom is -0.383 e. The second-order valence-corrected chi connectivity index (χ2v) is 5.40. The Bertz CT molecular complexity index is 409. The van der Waals surface area contributed by atoms with E-state index in [2.05, 4.69) is 18.7 Å². The van der Waals surface area contributed by atoms with Crippen LogP contribution in [0.2, 0.25) is 0 Å². The summed E-state index contributed by atoms with van der Waals surface area (Å²) in [7, 11) is 1.70. The van der Waals surface area contributed by atoms with E-state index in [1.807, 2.05) is 13.0 Å². The highest BCUT2D eigenvalue weighted by atomic mass is 19.1. The van der Waals surface area contributed by atoms with Crippen molar-refractivity contribution in [2.24, 2.45) is 5.73 Å². The van der Waals surface area contributed by atoms with Crippen molar-refractivity contribution >= 4 is 5.69 Å². The van der Waals surface area contributed by atoms with Crippen molar-refractivity contribution in [1.29, 1.82) is 0 Å². The van der Waals surface area contributed by atoms with Crippen LogP contribution < -0.4 is 10.6 Å². The Morgan fingerprint density at radius 2 is 2.05 bits per heavy atom. The Balaban J connectivity index is 3.09. The van der Waals surface area contributed by atoms with Crippen LogP contribution in [-0.4, -0.2) is 32.3 Å². The molecule has 0 aliphatic rings. The molecule has 20 heavy (non-hydrogen) atoms. The molecule has 1 rings (SSSR count). The molecule has 0 heterocycles. The van der Waals surface area contributed by atoms with Crippen LogP contribution in [0, 0.1) is 5.82 Å². The molecule has 0 fully saturated rings. The standard InChI is InChI=1S/C16H27FN2O/c1-5-13(3)19(8-9-20-4)16-7-6-15(17)11-14(16)10-12(2)18/h6-7,11-13H,5,8-10,18H2,1-4H3. The number of hydrogen-bond donors (Lipinski definition) is 1. The maximum absolute atomic E-state index is 13.5. The fraction of sp³-hybridized carbons (Fsp3) is 0.625. The van der Waals surface area contributed by atoms with Crippen molar-refractivity contribution < 1.29 is 9.13 Å². The van der Waals surface area contributed by atoms with Crippen molar-refractivity contribution in [2.45, 2.75) is 45.7 Å². The number of ether oxygens (including phenoxy) is 1. The first-order valence-corrected chi connectivity index (χ1v) is 7.29. The molecule has 1 aromatic carbocycles. The average Bonchev–Trinajstić information content (AvgIpc) is 2.40. The van der Waals surface area contributed by atoms with Crippen LogP contribution in [0.3, 0.4) is 0 Å². The molecule has 0 bridgehead atoms. The summed E-state index contributed by atoms with van der Waals surface area (Å²) in [5.41, 5.74) is 7.92. The van der Waals surface area contributed by atoms with E-state index in [1.165, 1.54) is 6.07 Å². The third-order valence-corrected chi connectivity index (χ3v) is 3.55. The highest BCUT2D eigenvalue weighted by Crippen LogP contribution is 2.25. The molecule has 114 valence electrons. The van der Waals surface area contributed by atoms with E-state index < -0.39 is 0 Å². The first kappa shape index (κ1) is 16.9. The topological polar surface area (TPSA) is 38.5 Å². The molecule has 0 saturated carbocycles. The number of nitrogens with two attached hydrogens (primary N) is 1. The SMILES string of the molecule is CCC(C)N(CCOC)c1ccc(F)cc1CC(C)N. The van der Waals surface area contributed by atoms with Gasteiger partial charge in [0.2, 0.25) is 0 Å². The minimum absolute atomic E-state index is 0.0109. The van der Waals surface area contributed by atoms with Crippen LogP contribution >= 0.6 is 0 Å². The number of halogens is 1. The predicted octanol–water partition coefficient (Wildman–Crippen LogP) is 2.97. The normalized spacial score (nSPS) is 14.1. The molecule has 2 N–H and O–H groups in total. The highest BCUT2D eigenvalue weighted by molar-refractivity contribution is 5.55. The Kier molecular flexibility index (Phi) is 6.96. The van der Waals surface area contributed by atoms with Gasteiger partial charge < -0.3 is 15.4 Å². The number of nitrogens with zero attached hydrogens (tertiary/aromatic N) is 1. The third-order valence-electron chi connectivity index (χ3n) is 3.55. The summed E-state index contributed by atoms with van der Waals surface area (Å²) in [4.78, 5) is 2.28. The first-order valence-electron chi connectivity index (χ1n) is 7.29. The van der Waals surface area contributed by atoms with Gasteiger partial charge in [-0.2, -0.15) is 0 Å². The lowest BCUT2D eigenvalue weighted by molar-refractivity contribution is 0.203. The van der Waals surface area contributed by atoms with Gasteiger partial charge in [-0.05, 0) is 50.5 Å². The number of hydrogen-bond acceptors (Lipinski definition) is 3. The number of anilines is 1. The summed E-state index contributed by atoms with van der Waals surface area (Å²) in [5, 5.41) is 0.